The van der Waals surface area contributed by atoms with Crippen LogP contribution in [0, 0.1) is 0 Å². The maximum Gasteiger partial charge on any atom is 0.279 e. The molecule has 4 aromatic rings. The summed E-state index contributed by atoms with van der Waals surface area (Å²) in [5, 5.41) is 3.23. The third-order valence-electron chi connectivity index (χ3n) is 6.36. The molecule has 5 rings (SSSR count). The molecule has 1 unspecified atom stereocenters. The number of carbonyl (C=O) groups is 1. The van der Waals surface area contributed by atoms with E-state index in [1.807, 2.05) is 30.3 Å². The first-order chi connectivity index (χ1) is 17.4. The number of nitrogens with two attached hydrogens (primary N) is 2. The average molecular weight is 482 g/mol. The molecule has 9 heteroatoms. The minimum Gasteiger partial charge on any atom is -0.398 e. The largest absolute Gasteiger partial charge is 0.398 e. The topological polar surface area (TPSA) is 132 Å². The predicted molar refractivity (Wildman–Crippen MR) is 141 cm³/mol. The van der Waals surface area contributed by atoms with Gasteiger partial charge in [0, 0.05) is 54.4 Å². The molecule has 1 aliphatic rings. The van der Waals surface area contributed by atoms with Crippen LogP contribution in [-0.2, 0) is 20.0 Å². The van der Waals surface area contributed by atoms with Gasteiger partial charge in [0.2, 0.25) is 5.95 Å². The smallest absolute Gasteiger partial charge is 0.279 e. The zero-order valence-corrected chi connectivity index (χ0v) is 19.9. The minimum absolute atomic E-state index is 0.189. The number of nitrogens with zero attached hydrogens (tertiary/aromatic N) is 4. The van der Waals surface area contributed by atoms with Gasteiger partial charge in [-0.15, -0.1) is 0 Å². The molecule has 182 valence electrons. The Balaban J connectivity index is 1.51. The van der Waals surface area contributed by atoms with Crippen LogP contribution in [0.5, 0.6) is 0 Å². The first kappa shape index (κ1) is 23.3. The van der Waals surface area contributed by atoms with Gasteiger partial charge in [0.05, 0.1) is 6.54 Å². The fraction of sp³-hybridized carbons (Fsp3) is 0.185. The highest BCUT2D eigenvalue weighted by atomic mass is 16.2. The zero-order valence-electron chi connectivity index (χ0n) is 19.9. The van der Waals surface area contributed by atoms with Crippen molar-refractivity contribution >= 4 is 23.2 Å². The Hall–Kier alpha value is -4.50. The molecule has 1 amide bonds. The highest BCUT2D eigenvalue weighted by Crippen LogP contribution is 2.35. The zero-order chi connectivity index (χ0) is 25.2. The molecule has 0 bridgehead atoms. The second-order valence-corrected chi connectivity index (χ2v) is 8.83. The number of hydrogen-bond acceptors (Lipinski definition) is 7. The normalized spacial score (nSPS) is 13.5. The van der Waals surface area contributed by atoms with E-state index >= 15 is 0 Å². The van der Waals surface area contributed by atoms with Crippen molar-refractivity contribution in [1.82, 2.24) is 14.5 Å². The van der Waals surface area contributed by atoms with Gasteiger partial charge in [0.1, 0.15) is 11.4 Å². The SMILES string of the molecule is Cn1c(NCC(N)Cc2ccccc2)nc(-c2ccncc2)c(N2Cc3c(N)cccc3C2=O)c1=O. The molecule has 3 heterocycles. The molecule has 2 aromatic carbocycles. The van der Waals surface area contributed by atoms with E-state index in [9.17, 15) is 9.59 Å². The van der Waals surface area contributed by atoms with Crippen LogP contribution in [0.25, 0.3) is 11.3 Å². The summed E-state index contributed by atoms with van der Waals surface area (Å²) in [6.07, 6.45) is 3.93. The van der Waals surface area contributed by atoms with Crippen LogP contribution in [0.15, 0.2) is 77.9 Å². The van der Waals surface area contributed by atoms with Gasteiger partial charge in [-0.3, -0.25) is 24.0 Å². The van der Waals surface area contributed by atoms with Crippen molar-refractivity contribution in [3.05, 3.63) is 100 Å². The van der Waals surface area contributed by atoms with Crippen LogP contribution in [-0.4, -0.2) is 33.0 Å². The fourth-order valence-corrected chi connectivity index (χ4v) is 4.45. The maximum atomic E-state index is 13.7. The first-order valence-electron chi connectivity index (χ1n) is 11.7. The number of fused-ring (bicyclic) bond motifs is 1. The molecule has 36 heavy (non-hydrogen) atoms. The molecule has 1 atom stereocenters. The molecule has 9 nitrogen and oxygen atoms in total. The molecule has 0 saturated heterocycles. The highest BCUT2D eigenvalue weighted by molar-refractivity contribution is 6.12. The van der Waals surface area contributed by atoms with E-state index in [-0.39, 0.29) is 29.7 Å². The van der Waals surface area contributed by atoms with Crippen molar-refractivity contribution in [2.75, 3.05) is 22.5 Å². The number of rotatable bonds is 7. The second kappa shape index (κ2) is 9.63. The third-order valence-corrected chi connectivity index (χ3v) is 6.36. The number of nitrogens with one attached hydrogen (secondary N) is 1. The van der Waals surface area contributed by atoms with Crippen LogP contribution >= 0.6 is 0 Å². The van der Waals surface area contributed by atoms with Crippen molar-refractivity contribution in [3.8, 4) is 11.3 Å². The average Bonchev–Trinajstić information content (AvgIpc) is 3.23. The lowest BCUT2D eigenvalue weighted by atomic mass is 10.1. The third kappa shape index (κ3) is 4.32. The van der Waals surface area contributed by atoms with E-state index in [2.05, 4.69) is 10.3 Å². The van der Waals surface area contributed by atoms with Crippen molar-refractivity contribution in [1.29, 1.82) is 0 Å². The number of anilines is 3. The number of amides is 1. The van der Waals surface area contributed by atoms with Crippen molar-refractivity contribution in [2.45, 2.75) is 19.0 Å². The summed E-state index contributed by atoms with van der Waals surface area (Å²) in [6, 6.07) is 18.5. The lowest BCUT2D eigenvalue weighted by Crippen LogP contribution is -2.36. The van der Waals surface area contributed by atoms with Crippen LogP contribution in [0.3, 0.4) is 0 Å². The summed E-state index contributed by atoms with van der Waals surface area (Å²) < 4.78 is 1.41. The van der Waals surface area contributed by atoms with Crippen LogP contribution in [0.4, 0.5) is 17.3 Å². The summed E-state index contributed by atoms with van der Waals surface area (Å²) >= 11 is 0. The van der Waals surface area contributed by atoms with Crippen LogP contribution in [0.1, 0.15) is 21.5 Å². The lowest BCUT2D eigenvalue weighted by Gasteiger charge is -2.22. The van der Waals surface area contributed by atoms with Gasteiger partial charge < -0.3 is 16.8 Å². The van der Waals surface area contributed by atoms with Gasteiger partial charge in [-0.2, -0.15) is 0 Å². The van der Waals surface area contributed by atoms with Gasteiger partial charge in [-0.25, -0.2) is 4.98 Å². The molecular formula is C27H27N7O2. The summed E-state index contributed by atoms with van der Waals surface area (Å²) in [5.74, 6) is 0.0832. The lowest BCUT2D eigenvalue weighted by molar-refractivity contribution is 0.0996. The number of pyridine rings is 1. The Bertz CT molecular complexity index is 1470. The highest BCUT2D eigenvalue weighted by Gasteiger charge is 2.34. The summed E-state index contributed by atoms with van der Waals surface area (Å²) in [7, 11) is 1.63. The van der Waals surface area contributed by atoms with Crippen molar-refractivity contribution < 1.29 is 4.79 Å². The second-order valence-electron chi connectivity index (χ2n) is 8.83. The molecule has 0 spiro atoms. The number of nitrogen functional groups attached to an aromatic ring is 1. The van der Waals surface area contributed by atoms with E-state index in [0.29, 0.717) is 47.0 Å². The summed E-state index contributed by atoms with van der Waals surface area (Å²) in [6.45, 7) is 0.611. The van der Waals surface area contributed by atoms with E-state index in [1.165, 1.54) is 9.47 Å². The predicted octanol–water partition coefficient (Wildman–Crippen LogP) is 2.57. The Morgan fingerprint density at radius 1 is 1.03 bits per heavy atom. The summed E-state index contributed by atoms with van der Waals surface area (Å²) in [5.41, 5.74) is 16.2. The van der Waals surface area contributed by atoms with E-state index in [0.717, 1.165) is 5.56 Å². The van der Waals surface area contributed by atoms with Crippen molar-refractivity contribution in [3.63, 3.8) is 0 Å². The van der Waals surface area contributed by atoms with Gasteiger partial charge >= 0.3 is 0 Å². The molecule has 1 aliphatic heterocycles. The van der Waals surface area contributed by atoms with Crippen molar-refractivity contribution in [2.24, 2.45) is 12.8 Å². The fourth-order valence-electron chi connectivity index (χ4n) is 4.45. The summed E-state index contributed by atoms with van der Waals surface area (Å²) in [4.78, 5) is 37.3. The first-order valence-corrected chi connectivity index (χ1v) is 11.7. The molecule has 0 fully saturated rings. The Kier molecular flexibility index (Phi) is 6.22. The Morgan fingerprint density at radius 2 is 1.78 bits per heavy atom. The van der Waals surface area contributed by atoms with Gasteiger partial charge in [-0.1, -0.05) is 36.4 Å². The maximum absolute atomic E-state index is 13.7. The number of aromatic nitrogens is 3. The number of carbonyl (C=O) groups excluding carboxylic acids is 1. The van der Waals surface area contributed by atoms with Crippen LogP contribution in [0.2, 0.25) is 0 Å². The minimum atomic E-state index is -0.351. The molecule has 0 aliphatic carbocycles. The number of hydrogen-bond donors (Lipinski definition) is 3. The van der Waals surface area contributed by atoms with E-state index < -0.39 is 0 Å². The molecule has 0 radical (unpaired) electrons. The standard InChI is InChI=1S/C27H27N7O2/c1-33-26(36)24(34-16-21-20(25(34)35)8-5-9-22(21)29)23(18-10-12-30-13-11-18)32-27(33)31-15-19(28)14-17-6-3-2-4-7-17/h2-13,19H,14-16,28-29H2,1H3,(H,31,32). The monoisotopic (exact) mass is 481 g/mol. The molecule has 5 N–H and O–H groups in total. The Labute approximate surface area is 208 Å². The molecule has 2 aromatic heterocycles. The van der Waals surface area contributed by atoms with E-state index in [1.54, 1.807) is 49.8 Å². The number of benzene rings is 2. The van der Waals surface area contributed by atoms with E-state index in [4.69, 9.17) is 16.5 Å². The van der Waals surface area contributed by atoms with Crippen LogP contribution < -0.4 is 27.2 Å². The van der Waals surface area contributed by atoms with Gasteiger partial charge in [0.15, 0.2) is 0 Å². The Morgan fingerprint density at radius 3 is 2.50 bits per heavy atom. The quantitative estimate of drug-likeness (QED) is 0.346. The van der Waals surface area contributed by atoms with Gasteiger partial charge in [0.25, 0.3) is 11.5 Å². The molecular weight excluding hydrogens is 454 g/mol. The van der Waals surface area contributed by atoms with Gasteiger partial charge in [-0.05, 0) is 36.2 Å². The molecule has 0 saturated carbocycles.